The summed E-state index contributed by atoms with van der Waals surface area (Å²) in [4.78, 5) is 4.91. The lowest BCUT2D eigenvalue weighted by Gasteiger charge is -2.20. The van der Waals surface area contributed by atoms with Crippen LogP contribution in [0.3, 0.4) is 0 Å². The Morgan fingerprint density at radius 3 is 1.79 bits per heavy atom. The average molecular weight is 438 g/mol. The van der Waals surface area contributed by atoms with Gasteiger partial charge in [0.05, 0.1) is 5.71 Å². The number of hydrogen-bond acceptors (Lipinski definition) is 5. The van der Waals surface area contributed by atoms with Gasteiger partial charge in [-0.05, 0) is 54.6 Å². The van der Waals surface area contributed by atoms with E-state index < -0.39 is 0 Å². The lowest BCUT2D eigenvalue weighted by Crippen LogP contribution is -2.27. The minimum absolute atomic E-state index is 0.137. The summed E-state index contributed by atoms with van der Waals surface area (Å²) in [6, 6.07) is 14.7. The minimum Gasteiger partial charge on any atom is -0.489 e. The third-order valence-corrected chi connectivity index (χ3v) is 4.12. The summed E-state index contributed by atoms with van der Waals surface area (Å²) in [5, 5.41) is 4.06. The molecule has 0 aliphatic heterocycles. The van der Waals surface area contributed by atoms with Crippen molar-refractivity contribution in [1.82, 2.24) is 0 Å². The fourth-order valence-corrected chi connectivity index (χ4v) is 2.31. The van der Waals surface area contributed by atoms with E-state index in [4.69, 9.17) is 42.3 Å². The van der Waals surface area contributed by atoms with Gasteiger partial charge in [-0.15, -0.1) is 0 Å². The molecule has 0 N–H and O–H groups in total. The Morgan fingerprint density at radius 1 is 0.862 bits per heavy atom. The van der Waals surface area contributed by atoms with E-state index >= 15 is 0 Å². The monoisotopic (exact) mass is 437 g/mol. The smallest absolute Gasteiger partial charge is 0.130 e. The molecule has 7 heteroatoms. The number of rotatable bonds is 9. The largest absolute Gasteiger partial charge is 0.489 e. The standard InChI is InChI=1S/C22H25Cl2NO4/c1-22(2,3)20(25-26-4)15-28-17-7-11-19(12-8-17)29-18-9-5-16(6-10-18)27-14-13-21(23)24/h5-13H,14-15H2,1-4H3. The second-order valence-electron chi connectivity index (χ2n) is 7.11. The van der Waals surface area contributed by atoms with Crippen LogP contribution in [0.1, 0.15) is 20.8 Å². The maximum absolute atomic E-state index is 5.84. The third kappa shape index (κ3) is 8.26. The van der Waals surface area contributed by atoms with Crippen molar-refractivity contribution in [1.29, 1.82) is 0 Å². The Hall–Kier alpha value is -2.37. The van der Waals surface area contributed by atoms with E-state index in [2.05, 4.69) is 25.9 Å². The van der Waals surface area contributed by atoms with Gasteiger partial charge in [0.2, 0.25) is 0 Å². The van der Waals surface area contributed by atoms with Crippen molar-refractivity contribution in [3.63, 3.8) is 0 Å². The fraction of sp³-hybridized carbons (Fsp3) is 0.318. The topological polar surface area (TPSA) is 49.3 Å². The second kappa shape index (κ2) is 11.0. The highest BCUT2D eigenvalue weighted by atomic mass is 35.5. The predicted molar refractivity (Wildman–Crippen MR) is 118 cm³/mol. The number of halogens is 2. The molecule has 0 aromatic heterocycles. The molecule has 0 amide bonds. The van der Waals surface area contributed by atoms with Crippen molar-refractivity contribution in [2.24, 2.45) is 10.6 Å². The van der Waals surface area contributed by atoms with Crippen LogP contribution in [-0.4, -0.2) is 26.0 Å². The first-order valence-electron chi connectivity index (χ1n) is 9.03. The molecular formula is C22H25Cl2NO4. The molecular weight excluding hydrogens is 413 g/mol. The zero-order valence-corrected chi connectivity index (χ0v) is 18.5. The van der Waals surface area contributed by atoms with E-state index in [9.17, 15) is 0 Å². The zero-order valence-electron chi connectivity index (χ0n) is 16.9. The van der Waals surface area contributed by atoms with Crippen molar-refractivity contribution in [3.8, 4) is 23.0 Å². The number of oxime groups is 1. The Bertz CT molecular complexity index is 821. The normalized spacial score (nSPS) is 11.6. The molecule has 156 valence electrons. The predicted octanol–water partition coefficient (Wildman–Crippen LogP) is 6.60. The van der Waals surface area contributed by atoms with Gasteiger partial charge < -0.3 is 19.0 Å². The molecule has 0 aliphatic rings. The summed E-state index contributed by atoms with van der Waals surface area (Å²) in [6.45, 7) is 6.83. The summed E-state index contributed by atoms with van der Waals surface area (Å²) in [5.41, 5.74) is 0.688. The van der Waals surface area contributed by atoms with E-state index in [1.165, 1.54) is 7.11 Å². The zero-order chi connectivity index (χ0) is 21.3. The molecule has 0 unspecified atom stereocenters. The van der Waals surface area contributed by atoms with Crippen LogP contribution in [0.15, 0.2) is 64.3 Å². The Kier molecular flexibility index (Phi) is 8.68. The van der Waals surface area contributed by atoms with Crippen LogP contribution < -0.4 is 14.2 Å². The van der Waals surface area contributed by atoms with Crippen LogP contribution in [0, 0.1) is 5.41 Å². The molecule has 2 aromatic carbocycles. The second-order valence-corrected chi connectivity index (χ2v) is 8.12. The quantitative estimate of drug-likeness (QED) is 0.327. The van der Waals surface area contributed by atoms with Crippen LogP contribution in [-0.2, 0) is 4.84 Å². The molecule has 0 radical (unpaired) electrons. The molecule has 0 fully saturated rings. The highest BCUT2D eigenvalue weighted by Crippen LogP contribution is 2.26. The molecule has 0 atom stereocenters. The van der Waals surface area contributed by atoms with E-state index in [1.807, 2.05) is 48.5 Å². The summed E-state index contributed by atoms with van der Waals surface area (Å²) in [6.07, 6.45) is 1.57. The SMILES string of the molecule is CON=C(COc1ccc(Oc2ccc(OCC=C(Cl)Cl)cc2)cc1)C(C)(C)C. The van der Waals surface area contributed by atoms with Crippen molar-refractivity contribution >= 4 is 28.9 Å². The van der Waals surface area contributed by atoms with Crippen LogP contribution in [0.2, 0.25) is 0 Å². The highest BCUT2D eigenvalue weighted by molar-refractivity contribution is 6.55. The lowest BCUT2D eigenvalue weighted by atomic mass is 9.90. The Balaban J connectivity index is 1.90. The number of nitrogens with zero attached hydrogens (tertiary/aromatic N) is 1. The summed E-state index contributed by atoms with van der Waals surface area (Å²) in [5.74, 6) is 2.81. The van der Waals surface area contributed by atoms with Gasteiger partial charge in [0.15, 0.2) is 0 Å². The molecule has 0 spiro atoms. The van der Waals surface area contributed by atoms with E-state index in [1.54, 1.807) is 6.08 Å². The molecule has 0 bridgehead atoms. The third-order valence-electron chi connectivity index (χ3n) is 3.81. The summed E-state index contributed by atoms with van der Waals surface area (Å²) < 4.78 is 17.3. The molecule has 29 heavy (non-hydrogen) atoms. The Labute approximate surface area is 181 Å². The molecule has 2 rings (SSSR count). The van der Waals surface area contributed by atoms with Gasteiger partial charge in [-0.25, -0.2) is 0 Å². The van der Waals surface area contributed by atoms with E-state index in [0.29, 0.717) is 30.5 Å². The van der Waals surface area contributed by atoms with Gasteiger partial charge in [0.1, 0.15) is 47.8 Å². The van der Waals surface area contributed by atoms with Crippen LogP contribution in [0.25, 0.3) is 0 Å². The summed E-state index contributed by atoms with van der Waals surface area (Å²) in [7, 11) is 1.53. The lowest BCUT2D eigenvalue weighted by molar-refractivity contribution is 0.204. The van der Waals surface area contributed by atoms with Crippen molar-refractivity contribution in [2.45, 2.75) is 20.8 Å². The minimum atomic E-state index is -0.137. The molecule has 2 aromatic rings. The Morgan fingerprint density at radius 2 is 1.34 bits per heavy atom. The van der Waals surface area contributed by atoms with E-state index in [0.717, 1.165) is 11.5 Å². The molecule has 5 nitrogen and oxygen atoms in total. The molecule has 0 saturated carbocycles. The van der Waals surface area contributed by atoms with E-state index in [-0.39, 0.29) is 9.91 Å². The van der Waals surface area contributed by atoms with Crippen molar-refractivity contribution in [3.05, 3.63) is 59.1 Å². The van der Waals surface area contributed by atoms with Gasteiger partial charge in [0.25, 0.3) is 0 Å². The first-order chi connectivity index (χ1) is 13.8. The van der Waals surface area contributed by atoms with Gasteiger partial charge in [0, 0.05) is 5.41 Å². The maximum Gasteiger partial charge on any atom is 0.130 e. The molecule has 0 heterocycles. The van der Waals surface area contributed by atoms with Crippen LogP contribution in [0.4, 0.5) is 0 Å². The highest BCUT2D eigenvalue weighted by Gasteiger charge is 2.20. The fourth-order valence-electron chi connectivity index (χ4n) is 2.19. The van der Waals surface area contributed by atoms with Gasteiger partial charge in [-0.1, -0.05) is 49.1 Å². The van der Waals surface area contributed by atoms with Gasteiger partial charge in [-0.3, -0.25) is 0 Å². The van der Waals surface area contributed by atoms with Crippen molar-refractivity contribution in [2.75, 3.05) is 20.3 Å². The summed E-state index contributed by atoms with van der Waals surface area (Å²) >= 11 is 11.1. The van der Waals surface area contributed by atoms with Crippen LogP contribution in [0.5, 0.6) is 23.0 Å². The molecule has 0 saturated heterocycles. The molecule has 0 aliphatic carbocycles. The number of ether oxygens (including phenoxy) is 3. The van der Waals surface area contributed by atoms with Gasteiger partial charge in [-0.2, -0.15) is 0 Å². The van der Waals surface area contributed by atoms with Gasteiger partial charge >= 0.3 is 0 Å². The maximum atomic E-state index is 5.84. The first-order valence-corrected chi connectivity index (χ1v) is 9.79. The van der Waals surface area contributed by atoms with Crippen LogP contribution >= 0.6 is 23.2 Å². The first kappa shape index (κ1) is 22.9. The number of hydrogen-bond donors (Lipinski definition) is 0. The average Bonchev–Trinajstić information content (AvgIpc) is 2.66. The number of benzene rings is 2. The van der Waals surface area contributed by atoms with Crippen molar-refractivity contribution < 1.29 is 19.0 Å².